The van der Waals surface area contributed by atoms with E-state index in [1.807, 2.05) is 37.3 Å². The summed E-state index contributed by atoms with van der Waals surface area (Å²) < 4.78 is 13.1. The van der Waals surface area contributed by atoms with Crippen molar-refractivity contribution in [3.63, 3.8) is 0 Å². The lowest BCUT2D eigenvalue weighted by Gasteiger charge is -2.09. The molecule has 1 heterocycles. The number of aromatic nitrogens is 2. The second-order valence-electron chi connectivity index (χ2n) is 7.13. The molecule has 28 heavy (non-hydrogen) atoms. The number of benzene rings is 2. The zero-order valence-corrected chi connectivity index (χ0v) is 16.3. The van der Waals surface area contributed by atoms with Gasteiger partial charge in [-0.1, -0.05) is 12.1 Å². The first-order valence-electron chi connectivity index (χ1n) is 9.76. The zero-order valence-electron chi connectivity index (χ0n) is 16.3. The summed E-state index contributed by atoms with van der Waals surface area (Å²) in [6.07, 6.45) is 2.82. The Labute approximate surface area is 164 Å². The summed E-state index contributed by atoms with van der Waals surface area (Å²) in [5, 5.41) is 2.46. The van der Waals surface area contributed by atoms with Gasteiger partial charge in [0.25, 0.3) is 0 Å². The number of nitrogens with zero attached hydrogens (tertiary/aromatic N) is 2. The van der Waals surface area contributed by atoms with Gasteiger partial charge in [0.1, 0.15) is 17.3 Å². The van der Waals surface area contributed by atoms with E-state index in [2.05, 4.69) is 22.0 Å². The third-order valence-electron chi connectivity index (χ3n) is 4.95. The molecular formula is C22H25N3O3. The SMILES string of the molecule is CCOc1ccc(Cc2nc3cc(OC(=O)NC)ccc3n2CC2CC2)cc1. The van der Waals surface area contributed by atoms with E-state index in [1.165, 1.54) is 18.4 Å². The fraction of sp³-hybridized carbons (Fsp3) is 0.364. The number of hydrogen-bond acceptors (Lipinski definition) is 4. The van der Waals surface area contributed by atoms with Gasteiger partial charge in [0.15, 0.2) is 0 Å². The highest BCUT2D eigenvalue weighted by molar-refractivity contribution is 5.79. The van der Waals surface area contributed by atoms with Crippen LogP contribution in [0.4, 0.5) is 4.79 Å². The fourth-order valence-corrected chi connectivity index (χ4v) is 3.33. The van der Waals surface area contributed by atoms with Crippen molar-refractivity contribution in [2.45, 2.75) is 32.7 Å². The van der Waals surface area contributed by atoms with Crippen LogP contribution in [-0.4, -0.2) is 29.3 Å². The summed E-state index contributed by atoms with van der Waals surface area (Å²) in [6.45, 7) is 3.63. The molecule has 0 saturated heterocycles. The van der Waals surface area contributed by atoms with E-state index in [4.69, 9.17) is 14.5 Å². The van der Waals surface area contributed by atoms with Crippen LogP contribution in [0.15, 0.2) is 42.5 Å². The van der Waals surface area contributed by atoms with Gasteiger partial charge in [-0.2, -0.15) is 0 Å². The number of fused-ring (bicyclic) bond motifs is 1. The molecule has 4 rings (SSSR count). The van der Waals surface area contributed by atoms with Crippen LogP contribution in [0.3, 0.4) is 0 Å². The molecule has 1 aromatic heterocycles. The monoisotopic (exact) mass is 379 g/mol. The summed E-state index contributed by atoms with van der Waals surface area (Å²) in [6, 6.07) is 13.8. The summed E-state index contributed by atoms with van der Waals surface area (Å²) in [4.78, 5) is 16.4. The Morgan fingerprint density at radius 3 is 2.61 bits per heavy atom. The van der Waals surface area contributed by atoms with Gasteiger partial charge in [0, 0.05) is 26.1 Å². The van der Waals surface area contributed by atoms with Crippen LogP contribution in [0.25, 0.3) is 11.0 Å². The molecule has 146 valence electrons. The lowest BCUT2D eigenvalue weighted by molar-refractivity contribution is 0.203. The van der Waals surface area contributed by atoms with Gasteiger partial charge < -0.3 is 19.4 Å². The molecule has 6 heteroatoms. The van der Waals surface area contributed by atoms with Crippen molar-refractivity contribution in [1.29, 1.82) is 0 Å². The van der Waals surface area contributed by atoms with Crippen LogP contribution in [0.2, 0.25) is 0 Å². The van der Waals surface area contributed by atoms with Gasteiger partial charge >= 0.3 is 6.09 Å². The number of imidazole rings is 1. The highest BCUT2D eigenvalue weighted by Gasteiger charge is 2.24. The van der Waals surface area contributed by atoms with E-state index < -0.39 is 6.09 Å². The second-order valence-corrected chi connectivity index (χ2v) is 7.13. The molecule has 1 saturated carbocycles. The van der Waals surface area contributed by atoms with Crippen LogP contribution in [0.5, 0.6) is 11.5 Å². The molecule has 0 unspecified atom stereocenters. The summed E-state index contributed by atoms with van der Waals surface area (Å²) in [5.41, 5.74) is 3.12. The van der Waals surface area contributed by atoms with Crippen molar-refractivity contribution in [3.8, 4) is 11.5 Å². The van der Waals surface area contributed by atoms with E-state index in [0.717, 1.165) is 41.5 Å². The fourth-order valence-electron chi connectivity index (χ4n) is 3.33. The van der Waals surface area contributed by atoms with Crippen molar-refractivity contribution in [2.75, 3.05) is 13.7 Å². The predicted molar refractivity (Wildman–Crippen MR) is 108 cm³/mol. The minimum atomic E-state index is -0.480. The Morgan fingerprint density at radius 1 is 1.18 bits per heavy atom. The van der Waals surface area contributed by atoms with Crippen molar-refractivity contribution < 1.29 is 14.3 Å². The maximum Gasteiger partial charge on any atom is 0.412 e. The maximum atomic E-state index is 11.5. The molecule has 1 N–H and O–H groups in total. The van der Waals surface area contributed by atoms with Crippen LogP contribution >= 0.6 is 0 Å². The number of nitrogens with one attached hydrogen (secondary N) is 1. The zero-order chi connectivity index (χ0) is 19.5. The first-order chi connectivity index (χ1) is 13.7. The van der Waals surface area contributed by atoms with E-state index in [0.29, 0.717) is 12.4 Å². The average Bonchev–Trinajstić information content (AvgIpc) is 3.46. The number of ether oxygens (including phenoxy) is 2. The lowest BCUT2D eigenvalue weighted by atomic mass is 10.1. The van der Waals surface area contributed by atoms with Crippen molar-refractivity contribution in [1.82, 2.24) is 14.9 Å². The van der Waals surface area contributed by atoms with E-state index in [1.54, 1.807) is 7.05 Å². The molecule has 2 aromatic carbocycles. The number of rotatable bonds is 7. The molecule has 0 radical (unpaired) electrons. The molecule has 0 atom stereocenters. The van der Waals surface area contributed by atoms with Crippen LogP contribution < -0.4 is 14.8 Å². The summed E-state index contributed by atoms with van der Waals surface area (Å²) >= 11 is 0. The average molecular weight is 379 g/mol. The van der Waals surface area contributed by atoms with E-state index >= 15 is 0 Å². The summed E-state index contributed by atoms with van der Waals surface area (Å²) in [5.74, 6) is 3.14. The van der Waals surface area contributed by atoms with Gasteiger partial charge in [-0.3, -0.25) is 0 Å². The quantitative estimate of drug-likeness (QED) is 0.670. The maximum absolute atomic E-state index is 11.5. The van der Waals surface area contributed by atoms with Gasteiger partial charge in [0.05, 0.1) is 17.6 Å². The van der Waals surface area contributed by atoms with Gasteiger partial charge in [-0.25, -0.2) is 9.78 Å². The molecule has 3 aromatic rings. The van der Waals surface area contributed by atoms with Crippen LogP contribution in [0, 0.1) is 5.92 Å². The molecule has 1 fully saturated rings. The minimum absolute atomic E-state index is 0.480. The Kier molecular flexibility index (Phi) is 5.19. The topological polar surface area (TPSA) is 65.4 Å². The predicted octanol–water partition coefficient (Wildman–Crippen LogP) is 4.15. The first kappa shape index (κ1) is 18.3. The second kappa shape index (κ2) is 7.92. The number of carbonyl (C=O) groups excluding carboxylic acids is 1. The third-order valence-corrected chi connectivity index (χ3v) is 4.95. The standard InChI is InChI=1S/C22H25N3O3/c1-3-27-17-8-6-15(7-9-17)12-21-24-19-13-18(28-22(26)23-2)10-11-20(19)25(21)14-16-4-5-16/h6-11,13,16H,3-5,12,14H2,1-2H3,(H,23,26). The molecule has 1 aliphatic carbocycles. The Balaban J connectivity index is 1.64. The molecule has 1 aliphatic rings. The highest BCUT2D eigenvalue weighted by atomic mass is 16.5. The van der Waals surface area contributed by atoms with E-state index in [-0.39, 0.29) is 0 Å². The Morgan fingerprint density at radius 2 is 1.93 bits per heavy atom. The normalized spacial score (nSPS) is 13.5. The van der Waals surface area contributed by atoms with Crippen LogP contribution in [0.1, 0.15) is 31.2 Å². The van der Waals surface area contributed by atoms with Gasteiger partial charge in [-0.15, -0.1) is 0 Å². The number of carbonyl (C=O) groups is 1. The lowest BCUT2D eigenvalue weighted by Crippen LogP contribution is -2.21. The molecule has 6 nitrogen and oxygen atoms in total. The Hall–Kier alpha value is -3.02. The first-order valence-corrected chi connectivity index (χ1v) is 9.76. The Bertz CT molecular complexity index is 975. The van der Waals surface area contributed by atoms with Crippen molar-refractivity contribution >= 4 is 17.1 Å². The molecule has 0 spiro atoms. The minimum Gasteiger partial charge on any atom is -0.494 e. The van der Waals surface area contributed by atoms with E-state index in [9.17, 15) is 4.79 Å². The smallest absolute Gasteiger partial charge is 0.412 e. The van der Waals surface area contributed by atoms with Crippen molar-refractivity contribution in [2.24, 2.45) is 5.92 Å². The van der Waals surface area contributed by atoms with Gasteiger partial charge in [0.2, 0.25) is 0 Å². The van der Waals surface area contributed by atoms with Crippen molar-refractivity contribution in [3.05, 3.63) is 53.9 Å². The highest BCUT2D eigenvalue weighted by Crippen LogP contribution is 2.33. The van der Waals surface area contributed by atoms with Crippen LogP contribution in [-0.2, 0) is 13.0 Å². The molecule has 0 aliphatic heterocycles. The third kappa shape index (κ3) is 4.11. The molecular weight excluding hydrogens is 354 g/mol. The number of amides is 1. The molecule has 1 amide bonds. The number of hydrogen-bond donors (Lipinski definition) is 1. The van der Waals surface area contributed by atoms with Gasteiger partial charge in [-0.05, 0) is 55.5 Å². The summed E-state index contributed by atoms with van der Waals surface area (Å²) in [7, 11) is 1.54. The molecule has 0 bridgehead atoms. The largest absolute Gasteiger partial charge is 0.494 e.